The molecule has 0 saturated heterocycles. The Morgan fingerprint density at radius 1 is 1.25 bits per heavy atom. The molecule has 2 aromatic rings. The minimum Gasteiger partial charge on any atom is -0.433 e. The minimum absolute atomic E-state index is 0.0386. The Bertz CT molecular complexity index is 730. The first-order valence-corrected chi connectivity index (χ1v) is 8.09. The first-order chi connectivity index (χ1) is 11.4. The first-order valence-electron chi connectivity index (χ1n) is 6.83. The van der Waals surface area contributed by atoms with Gasteiger partial charge in [-0.3, -0.25) is 4.79 Å². The van der Waals surface area contributed by atoms with E-state index in [4.69, 9.17) is 11.6 Å². The Balaban J connectivity index is 2.05. The molecule has 8 heteroatoms. The van der Waals surface area contributed by atoms with Crippen LogP contribution in [-0.4, -0.2) is 17.8 Å². The predicted octanol–water partition coefficient (Wildman–Crippen LogP) is 5.20. The number of para-hydroxylation sites is 2. The number of ether oxygens (including phenoxy) is 1. The zero-order valence-corrected chi connectivity index (χ0v) is 14.0. The Morgan fingerprint density at radius 2 is 1.96 bits per heavy atom. The summed E-state index contributed by atoms with van der Waals surface area (Å²) < 4.78 is 42.2. The van der Waals surface area contributed by atoms with Crippen molar-refractivity contribution in [2.75, 3.05) is 5.32 Å². The van der Waals surface area contributed by atoms with Gasteiger partial charge in [-0.1, -0.05) is 23.7 Å². The summed E-state index contributed by atoms with van der Waals surface area (Å²) in [5, 5.41) is 1.93. The predicted molar refractivity (Wildman–Crippen MR) is 88.4 cm³/mol. The lowest BCUT2D eigenvalue weighted by Crippen LogP contribution is -2.23. The molecule has 0 saturated carbocycles. The van der Waals surface area contributed by atoms with Gasteiger partial charge >= 0.3 is 6.61 Å². The van der Waals surface area contributed by atoms with Gasteiger partial charge in [0, 0.05) is 4.90 Å². The van der Waals surface area contributed by atoms with Crippen molar-refractivity contribution >= 4 is 35.0 Å². The van der Waals surface area contributed by atoms with E-state index in [1.165, 1.54) is 36.4 Å². The molecule has 0 radical (unpaired) electrons. The summed E-state index contributed by atoms with van der Waals surface area (Å²) >= 11 is 6.86. The normalized spacial score (nSPS) is 12.1. The highest BCUT2D eigenvalue weighted by atomic mass is 35.5. The monoisotopic (exact) mass is 375 g/mol. The van der Waals surface area contributed by atoms with E-state index in [-0.39, 0.29) is 16.5 Å². The largest absolute Gasteiger partial charge is 0.433 e. The molecule has 24 heavy (non-hydrogen) atoms. The van der Waals surface area contributed by atoms with Crippen LogP contribution in [0.5, 0.6) is 5.75 Å². The number of hydrogen-bond acceptors (Lipinski definition) is 3. The number of hydrogen-bond donors (Lipinski definition) is 1. The van der Waals surface area contributed by atoms with Crippen LogP contribution in [0.3, 0.4) is 0 Å². The Kier molecular flexibility index (Phi) is 6.39. The smallest absolute Gasteiger partial charge is 0.387 e. The van der Waals surface area contributed by atoms with Gasteiger partial charge in [-0.25, -0.2) is 4.39 Å². The van der Waals surface area contributed by atoms with Gasteiger partial charge in [0.1, 0.15) is 11.6 Å². The third kappa shape index (κ3) is 5.07. The second-order valence-corrected chi connectivity index (χ2v) is 6.52. The van der Waals surface area contributed by atoms with Crippen LogP contribution < -0.4 is 10.1 Å². The van der Waals surface area contributed by atoms with E-state index < -0.39 is 23.6 Å². The summed E-state index contributed by atoms with van der Waals surface area (Å²) in [5.41, 5.74) is 0.146. The van der Waals surface area contributed by atoms with Gasteiger partial charge in [0.25, 0.3) is 0 Å². The molecule has 0 aliphatic heterocycles. The summed E-state index contributed by atoms with van der Waals surface area (Å²) in [6.45, 7) is -1.36. The zero-order chi connectivity index (χ0) is 17.7. The maximum atomic E-state index is 13.1. The third-order valence-electron chi connectivity index (χ3n) is 2.93. The van der Waals surface area contributed by atoms with Crippen molar-refractivity contribution in [2.24, 2.45) is 0 Å². The molecule has 1 N–H and O–H groups in total. The van der Waals surface area contributed by atoms with Crippen molar-refractivity contribution in [2.45, 2.75) is 23.7 Å². The molecule has 0 heterocycles. The molecular weight excluding hydrogens is 363 g/mol. The standard InChI is InChI=1S/C16H13ClF3NO2S/c1-9(24-10-6-7-12(18)11(17)8-10)15(22)21-13-4-2-3-5-14(13)23-16(19)20/h2-9,16H,1H3,(H,21,22). The number of halogens is 4. The van der Waals surface area contributed by atoms with E-state index in [2.05, 4.69) is 10.1 Å². The van der Waals surface area contributed by atoms with E-state index in [1.807, 2.05) is 0 Å². The molecular formula is C16H13ClF3NO2S. The van der Waals surface area contributed by atoms with Gasteiger partial charge < -0.3 is 10.1 Å². The molecule has 0 bridgehead atoms. The van der Waals surface area contributed by atoms with Crippen LogP contribution in [0.2, 0.25) is 5.02 Å². The van der Waals surface area contributed by atoms with Crippen molar-refractivity contribution in [3.8, 4) is 5.75 Å². The fourth-order valence-electron chi connectivity index (χ4n) is 1.81. The zero-order valence-electron chi connectivity index (χ0n) is 12.4. The lowest BCUT2D eigenvalue weighted by atomic mass is 10.3. The molecule has 1 amide bonds. The number of carbonyl (C=O) groups excluding carboxylic acids is 1. The Labute approximate surface area is 146 Å². The summed E-state index contributed by atoms with van der Waals surface area (Å²) in [6.07, 6.45) is 0. The maximum Gasteiger partial charge on any atom is 0.387 e. The van der Waals surface area contributed by atoms with Gasteiger partial charge in [0.05, 0.1) is 16.0 Å². The molecule has 1 atom stereocenters. The van der Waals surface area contributed by atoms with Crippen LogP contribution in [0.1, 0.15) is 6.92 Å². The molecule has 1 unspecified atom stereocenters. The van der Waals surface area contributed by atoms with E-state index in [9.17, 15) is 18.0 Å². The van der Waals surface area contributed by atoms with Crippen LogP contribution in [0, 0.1) is 5.82 Å². The molecule has 0 aliphatic rings. The Morgan fingerprint density at radius 3 is 2.62 bits per heavy atom. The maximum absolute atomic E-state index is 13.1. The SMILES string of the molecule is CC(Sc1ccc(F)c(Cl)c1)C(=O)Nc1ccccc1OC(F)F. The molecule has 128 valence electrons. The number of benzene rings is 2. The number of nitrogens with one attached hydrogen (secondary N) is 1. The van der Waals surface area contributed by atoms with E-state index in [0.717, 1.165) is 11.8 Å². The lowest BCUT2D eigenvalue weighted by molar-refractivity contribution is -0.115. The van der Waals surface area contributed by atoms with Crippen LogP contribution in [0.15, 0.2) is 47.4 Å². The van der Waals surface area contributed by atoms with Crippen molar-refractivity contribution in [3.05, 3.63) is 53.3 Å². The highest BCUT2D eigenvalue weighted by molar-refractivity contribution is 8.00. The van der Waals surface area contributed by atoms with E-state index in [0.29, 0.717) is 4.90 Å². The Hall–Kier alpha value is -1.86. The molecule has 2 aromatic carbocycles. The van der Waals surface area contributed by atoms with E-state index in [1.54, 1.807) is 13.0 Å². The molecule has 0 fully saturated rings. The number of thioether (sulfide) groups is 1. The second kappa shape index (κ2) is 8.30. The second-order valence-electron chi connectivity index (χ2n) is 4.70. The van der Waals surface area contributed by atoms with Crippen LogP contribution in [0.25, 0.3) is 0 Å². The van der Waals surface area contributed by atoms with Crippen molar-refractivity contribution in [3.63, 3.8) is 0 Å². The van der Waals surface area contributed by atoms with Gasteiger partial charge in [0.2, 0.25) is 5.91 Å². The number of carbonyl (C=O) groups is 1. The first kappa shape index (κ1) is 18.5. The molecule has 0 aromatic heterocycles. The summed E-state index contributed by atoms with van der Waals surface area (Å²) in [4.78, 5) is 12.8. The third-order valence-corrected chi connectivity index (χ3v) is 4.32. The van der Waals surface area contributed by atoms with Crippen molar-refractivity contribution < 1.29 is 22.7 Å². The molecule has 0 aliphatic carbocycles. The summed E-state index contributed by atoms with van der Waals surface area (Å²) in [5.74, 6) is -1.08. The topological polar surface area (TPSA) is 38.3 Å². The minimum atomic E-state index is -2.99. The fraction of sp³-hybridized carbons (Fsp3) is 0.188. The summed E-state index contributed by atoms with van der Waals surface area (Å²) in [7, 11) is 0. The highest BCUT2D eigenvalue weighted by Crippen LogP contribution is 2.30. The van der Waals surface area contributed by atoms with Gasteiger partial charge in [-0.05, 0) is 37.3 Å². The lowest BCUT2D eigenvalue weighted by Gasteiger charge is -2.15. The highest BCUT2D eigenvalue weighted by Gasteiger charge is 2.18. The molecule has 3 nitrogen and oxygen atoms in total. The number of alkyl halides is 2. The van der Waals surface area contributed by atoms with Crippen molar-refractivity contribution in [1.82, 2.24) is 0 Å². The van der Waals surface area contributed by atoms with Gasteiger partial charge in [-0.15, -0.1) is 11.8 Å². The van der Waals surface area contributed by atoms with E-state index >= 15 is 0 Å². The quantitative estimate of drug-likeness (QED) is 0.705. The number of amides is 1. The van der Waals surface area contributed by atoms with Crippen LogP contribution in [0.4, 0.5) is 18.9 Å². The average Bonchev–Trinajstić information content (AvgIpc) is 2.52. The van der Waals surface area contributed by atoms with Crippen LogP contribution in [-0.2, 0) is 4.79 Å². The number of rotatable bonds is 6. The molecule has 2 rings (SSSR count). The average molecular weight is 376 g/mol. The van der Waals surface area contributed by atoms with Crippen LogP contribution >= 0.6 is 23.4 Å². The van der Waals surface area contributed by atoms with Gasteiger partial charge in [0.15, 0.2) is 0 Å². The van der Waals surface area contributed by atoms with Gasteiger partial charge in [-0.2, -0.15) is 8.78 Å². The number of anilines is 1. The fourth-order valence-corrected chi connectivity index (χ4v) is 2.96. The summed E-state index contributed by atoms with van der Waals surface area (Å²) in [6, 6.07) is 10.0. The van der Waals surface area contributed by atoms with Crippen molar-refractivity contribution in [1.29, 1.82) is 0 Å². The molecule has 0 spiro atoms.